The summed E-state index contributed by atoms with van der Waals surface area (Å²) >= 11 is 0. The van der Waals surface area contributed by atoms with Gasteiger partial charge in [-0.3, -0.25) is 0 Å². The van der Waals surface area contributed by atoms with Gasteiger partial charge in [-0.05, 0) is 44.4 Å². The summed E-state index contributed by atoms with van der Waals surface area (Å²) in [4.78, 5) is 16.6. The van der Waals surface area contributed by atoms with Crippen molar-refractivity contribution in [2.75, 3.05) is 11.9 Å². The number of aryl methyl sites for hydroxylation is 1. The normalized spacial score (nSPS) is 18.3. The summed E-state index contributed by atoms with van der Waals surface area (Å²) in [7, 11) is 0. The van der Waals surface area contributed by atoms with E-state index in [4.69, 9.17) is 9.15 Å². The largest absolute Gasteiger partial charge is 0.444 e. The molecule has 2 amide bonds. The average molecular weight is 329 g/mol. The van der Waals surface area contributed by atoms with Crippen molar-refractivity contribution in [1.82, 2.24) is 10.3 Å². The monoisotopic (exact) mass is 329 g/mol. The van der Waals surface area contributed by atoms with Crippen LogP contribution in [0.3, 0.4) is 0 Å². The quantitative estimate of drug-likeness (QED) is 0.876. The number of oxazole rings is 1. The number of carbonyl (C=O) groups is 1. The Kier molecular flexibility index (Phi) is 5.15. The maximum absolute atomic E-state index is 12.3. The third-order valence-corrected chi connectivity index (χ3v) is 4.16. The van der Waals surface area contributed by atoms with E-state index in [1.807, 2.05) is 31.2 Å². The molecule has 1 saturated heterocycles. The van der Waals surface area contributed by atoms with Crippen LogP contribution in [-0.2, 0) is 4.74 Å². The maximum Gasteiger partial charge on any atom is 0.319 e. The van der Waals surface area contributed by atoms with E-state index in [0.29, 0.717) is 11.6 Å². The molecule has 1 fully saturated rings. The lowest BCUT2D eigenvalue weighted by atomic mass is 10.1. The Labute approximate surface area is 141 Å². The second-order valence-corrected chi connectivity index (χ2v) is 6.04. The molecule has 2 aromatic rings. The fourth-order valence-corrected chi connectivity index (χ4v) is 2.93. The van der Waals surface area contributed by atoms with Crippen LogP contribution in [0.4, 0.5) is 10.5 Å². The fraction of sp³-hybridized carbons (Fsp3) is 0.444. The first kappa shape index (κ1) is 16.5. The van der Waals surface area contributed by atoms with Gasteiger partial charge in [-0.25, -0.2) is 9.78 Å². The van der Waals surface area contributed by atoms with Gasteiger partial charge in [-0.1, -0.05) is 13.0 Å². The molecular formula is C18H23N3O3. The molecule has 1 aliphatic rings. The van der Waals surface area contributed by atoms with E-state index in [2.05, 4.69) is 22.5 Å². The summed E-state index contributed by atoms with van der Waals surface area (Å²) in [6, 6.07) is 7.25. The summed E-state index contributed by atoms with van der Waals surface area (Å²) < 4.78 is 11.1. The van der Waals surface area contributed by atoms with E-state index < -0.39 is 0 Å². The minimum absolute atomic E-state index is 0.0325. The molecule has 0 saturated carbocycles. The Balaban J connectivity index is 1.63. The van der Waals surface area contributed by atoms with Crippen LogP contribution in [0, 0.1) is 6.92 Å². The Bertz CT molecular complexity index is 692. The first-order valence-corrected chi connectivity index (χ1v) is 8.37. The van der Waals surface area contributed by atoms with Gasteiger partial charge in [0.15, 0.2) is 0 Å². The van der Waals surface area contributed by atoms with E-state index >= 15 is 0 Å². The fourth-order valence-electron chi connectivity index (χ4n) is 2.93. The zero-order valence-corrected chi connectivity index (χ0v) is 14.0. The molecule has 6 heteroatoms. The zero-order valence-electron chi connectivity index (χ0n) is 14.0. The van der Waals surface area contributed by atoms with Gasteiger partial charge >= 0.3 is 6.03 Å². The second kappa shape index (κ2) is 7.49. The molecule has 1 aromatic carbocycles. The summed E-state index contributed by atoms with van der Waals surface area (Å²) in [6.07, 6.45) is 4.62. The first-order chi connectivity index (χ1) is 11.7. The summed E-state index contributed by atoms with van der Waals surface area (Å²) in [5, 5.41) is 5.88. The number of anilines is 1. The van der Waals surface area contributed by atoms with Crippen molar-refractivity contribution in [2.45, 2.75) is 45.3 Å². The summed E-state index contributed by atoms with van der Waals surface area (Å²) in [5.41, 5.74) is 2.35. The Morgan fingerprint density at radius 2 is 2.33 bits per heavy atom. The SMILES string of the molecule is CCC(NC(=O)Nc1cccc(-c2nc(C)co2)c1)C1CCCO1. The van der Waals surface area contributed by atoms with Gasteiger partial charge in [0.1, 0.15) is 6.26 Å². The second-order valence-electron chi connectivity index (χ2n) is 6.04. The number of carbonyl (C=O) groups excluding carboxylic acids is 1. The third kappa shape index (κ3) is 3.94. The van der Waals surface area contributed by atoms with Crippen LogP contribution >= 0.6 is 0 Å². The molecule has 0 aliphatic carbocycles. The van der Waals surface area contributed by atoms with Crippen LogP contribution in [0.1, 0.15) is 31.9 Å². The summed E-state index contributed by atoms with van der Waals surface area (Å²) in [6.45, 7) is 4.71. The molecule has 0 spiro atoms. The van der Waals surface area contributed by atoms with Crippen molar-refractivity contribution in [2.24, 2.45) is 0 Å². The lowest BCUT2D eigenvalue weighted by Crippen LogP contribution is -2.44. The minimum Gasteiger partial charge on any atom is -0.444 e. The van der Waals surface area contributed by atoms with Crippen LogP contribution < -0.4 is 10.6 Å². The molecule has 1 aromatic heterocycles. The molecule has 2 atom stereocenters. The minimum atomic E-state index is -0.224. The maximum atomic E-state index is 12.3. The smallest absolute Gasteiger partial charge is 0.319 e. The third-order valence-electron chi connectivity index (χ3n) is 4.16. The molecule has 0 radical (unpaired) electrons. The molecule has 2 N–H and O–H groups in total. The number of hydrogen-bond donors (Lipinski definition) is 2. The Morgan fingerprint density at radius 3 is 3.00 bits per heavy atom. The molecule has 24 heavy (non-hydrogen) atoms. The van der Waals surface area contributed by atoms with E-state index in [1.165, 1.54) is 0 Å². The van der Waals surface area contributed by atoms with Crippen molar-refractivity contribution in [3.8, 4) is 11.5 Å². The molecule has 0 bridgehead atoms. The standard InChI is InChI=1S/C18H23N3O3/c1-3-15(16-8-5-9-23-16)21-18(22)20-14-7-4-6-13(10-14)17-19-12(2)11-24-17/h4,6-7,10-11,15-16H,3,5,8-9H2,1-2H3,(H2,20,21,22). The highest BCUT2D eigenvalue weighted by Gasteiger charge is 2.25. The number of ether oxygens (including phenoxy) is 1. The van der Waals surface area contributed by atoms with Crippen molar-refractivity contribution in [3.05, 3.63) is 36.2 Å². The van der Waals surface area contributed by atoms with Gasteiger partial charge in [-0.2, -0.15) is 0 Å². The number of urea groups is 1. The van der Waals surface area contributed by atoms with E-state index in [-0.39, 0.29) is 18.2 Å². The molecular weight excluding hydrogens is 306 g/mol. The van der Waals surface area contributed by atoms with E-state index in [1.54, 1.807) is 6.26 Å². The van der Waals surface area contributed by atoms with Crippen molar-refractivity contribution >= 4 is 11.7 Å². The molecule has 3 rings (SSSR count). The predicted molar refractivity (Wildman–Crippen MR) is 91.9 cm³/mol. The molecule has 6 nitrogen and oxygen atoms in total. The number of amides is 2. The van der Waals surface area contributed by atoms with Gasteiger partial charge in [0.25, 0.3) is 0 Å². The highest BCUT2D eigenvalue weighted by atomic mass is 16.5. The average Bonchev–Trinajstić information content (AvgIpc) is 3.24. The topological polar surface area (TPSA) is 76.4 Å². The molecule has 1 aliphatic heterocycles. The highest BCUT2D eigenvalue weighted by Crippen LogP contribution is 2.22. The highest BCUT2D eigenvalue weighted by molar-refractivity contribution is 5.90. The van der Waals surface area contributed by atoms with Crippen LogP contribution in [0.5, 0.6) is 0 Å². The van der Waals surface area contributed by atoms with Crippen LogP contribution in [0.2, 0.25) is 0 Å². The molecule has 128 valence electrons. The van der Waals surface area contributed by atoms with E-state index in [9.17, 15) is 4.79 Å². The lowest BCUT2D eigenvalue weighted by molar-refractivity contribution is 0.0804. The number of nitrogens with zero attached hydrogens (tertiary/aromatic N) is 1. The first-order valence-electron chi connectivity index (χ1n) is 8.37. The Hall–Kier alpha value is -2.34. The molecule has 2 heterocycles. The predicted octanol–water partition coefficient (Wildman–Crippen LogP) is 3.73. The lowest BCUT2D eigenvalue weighted by Gasteiger charge is -2.23. The number of benzene rings is 1. The van der Waals surface area contributed by atoms with E-state index in [0.717, 1.165) is 37.1 Å². The Morgan fingerprint density at radius 1 is 1.46 bits per heavy atom. The number of rotatable bonds is 5. The van der Waals surface area contributed by atoms with Crippen LogP contribution in [0.15, 0.2) is 34.9 Å². The number of hydrogen-bond acceptors (Lipinski definition) is 4. The van der Waals surface area contributed by atoms with Crippen molar-refractivity contribution in [1.29, 1.82) is 0 Å². The van der Waals surface area contributed by atoms with Gasteiger partial charge in [-0.15, -0.1) is 0 Å². The summed E-state index contributed by atoms with van der Waals surface area (Å²) in [5.74, 6) is 0.544. The van der Waals surface area contributed by atoms with Crippen LogP contribution in [0.25, 0.3) is 11.5 Å². The van der Waals surface area contributed by atoms with Crippen molar-refractivity contribution in [3.63, 3.8) is 0 Å². The number of nitrogens with one attached hydrogen (secondary N) is 2. The van der Waals surface area contributed by atoms with Gasteiger partial charge in [0.2, 0.25) is 5.89 Å². The van der Waals surface area contributed by atoms with Crippen molar-refractivity contribution < 1.29 is 13.9 Å². The van der Waals surface area contributed by atoms with Crippen LogP contribution in [-0.4, -0.2) is 29.8 Å². The van der Waals surface area contributed by atoms with Gasteiger partial charge < -0.3 is 19.8 Å². The number of aromatic nitrogens is 1. The zero-order chi connectivity index (χ0) is 16.9. The molecule has 2 unspecified atom stereocenters. The van der Waals surface area contributed by atoms with Gasteiger partial charge in [0.05, 0.1) is 17.8 Å². The van der Waals surface area contributed by atoms with Gasteiger partial charge in [0, 0.05) is 17.9 Å².